The van der Waals surface area contributed by atoms with Crippen LogP contribution in [0.2, 0.25) is 0 Å². The fraction of sp³-hybridized carbons (Fsp3) is 0.400. The third-order valence-electron chi connectivity index (χ3n) is 5.88. The molecule has 2 amide bonds. The highest BCUT2D eigenvalue weighted by Gasteiger charge is 2.23. The van der Waals surface area contributed by atoms with E-state index >= 15 is 0 Å². The summed E-state index contributed by atoms with van der Waals surface area (Å²) in [5.41, 5.74) is 3.19. The SMILES string of the molecule is CCOCCCNC(=O)c1cc(NC(=O)c2ccccc2)cc2ncn(C3CCCC3)c12. The number of imidazole rings is 1. The summed E-state index contributed by atoms with van der Waals surface area (Å²) < 4.78 is 7.50. The molecule has 0 atom stereocenters. The summed E-state index contributed by atoms with van der Waals surface area (Å²) >= 11 is 0. The first-order valence-corrected chi connectivity index (χ1v) is 11.4. The Labute approximate surface area is 188 Å². The fourth-order valence-electron chi connectivity index (χ4n) is 4.28. The van der Waals surface area contributed by atoms with Crippen molar-refractivity contribution in [2.75, 3.05) is 25.1 Å². The van der Waals surface area contributed by atoms with Crippen molar-refractivity contribution in [3.8, 4) is 0 Å². The Bertz CT molecular complexity index is 1070. The minimum absolute atomic E-state index is 0.165. The van der Waals surface area contributed by atoms with Crippen LogP contribution >= 0.6 is 0 Å². The second-order valence-electron chi connectivity index (χ2n) is 8.11. The molecule has 1 aliphatic rings. The second kappa shape index (κ2) is 10.4. The molecule has 0 saturated heterocycles. The van der Waals surface area contributed by atoms with Crippen LogP contribution in [0.3, 0.4) is 0 Å². The Morgan fingerprint density at radius 1 is 1.12 bits per heavy atom. The van der Waals surface area contributed by atoms with Gasteiger partial charge in [-0.15, -0.1) is 0 Å². The molecule has 168 valence electrons. The van der Waals surface area contributed by atoms with Gasteiger partial charge >= 0.3 is 0 Å². The molecule has 7 nitrogen and oxygen atoms in total. The van der Waals surface area contributed by atoms with E-state index in [0.717, 1.165) is 24.8 Å². The van der Waals surface area contributed by atoms with Gasteiger partial charge in [-0.25, -0.2) is 4.98 Å². The predicted octanol–water partition coefficient (Wildman–Crippen LogP) is 4.56. The number of nitrogens with zero attached hydrogens (tertiary/aromatic N) is 2. The first kappa shape index (κ1) is 22.0. The molecule has 0 aliphatic heterocycles. The molecule has 1 saturated carbocycles. The standard InChI is InChI=1S/C25H30N4O3/c1-2-32-14-8-13-26-25(31)21-15-19(28-24(30)18-9-4-3-5-10-18)16-22-23(21)29(17-27-22)20-11-6-7-12-20/h3-5,9-10,15-17,20H,2,6-8,11-14H2,1H3,(H,26,31)(H,28,30). The van der Waals surface area contributed by atoms with Crippen LogP contribution in [0.1, 0.15) is 65.8 Å². The molecule has 0 spiro atoms. The molecular formula is C25H30N4O3. The molecule has 4 rings (SSSR count). The van der Waals surface area contributed by atoms with Gasteiger partial charge in [0.15, 0.2) is 0 Å². The van der Waals surface area contributed by atoms with Crippen LogP contribution in [0.15, 0.2) is 48.8 Å². The zero-order chi connectivity index (χ0) is 22.3. The zero-order valence-electron chi connectivity index (χ0n) is 18.5. The van der Waals surface area contributed by atoms with E-state index in [1.807, 2.05) is 37.5 Å². The first-order chi connectivity index (χ1) is 15.7. The van der Waals surface area contributed by atoms with E-state index in [-0.39, 0.29) is 11.8 Å². The Kier molecular flexibility index (Phi) is 7.17. The molecule has 1 fully saturated rings. The fourth-order valence-corrected chi connectivity index (χ4v) is 4.28. The number of anilines is 1. The highest BCUT2D eigenvalue weighted by molar-refractivity contribution is 6.09. The van der Waals surface area contributed by atoms with Gasteiger partial charge in [-0.2, -0.15) is 0 Å². The number of aromatic nitrogens is 2. The van der Waals surface area contributed by atoms with Crippen LogP contribution in [0.25, 0.3) is 11.0 Å². The molecule has 1 aliphatic carbocycles. The molecule has 32 heavy (non-hydrogen) atoms. The van der Waals surface area contributed by atoms with Crippen molar-refractivity contribution >= 4 is 28.5 Å². The number of amides is 2. The number of nitrogens with one attached hydrogen (secondary N) is 2. The Balaban J connectivity index is 1.63. The smallest absolute Gasteiger partial charge is 0.255 e. The Morgan fingerprint density at radius 2 is 1.91 bits per heavy atom. The summed E-state index contributed by atoms with van der Waals surface area (Å²) in [6.07, 6.45) is 7.13. The van der Waals surface area contributed by atoms with E-state index < -0.39 is 0 Å². The van der Waals surface area contributed by atoms with Crippen molar-refractivity contribution in [3.05, 3.63) is 59.9 Å². The third kappa shape index (κ3) is 4.99. The topological polar surface area (TPSA) is 85.2 Å². The monoisotopic (exact) mass is 434 g/mol. The van der Waals surface area contributed by atoms with E-state index in [1.165, 1.54) is 12.8 Å². The molecule has 2 N–H and O–H groups in total. The Morgan fingerprint density at radius 3 is 2.66 bits per heavy atom. The lowest BCUT2D eigenvalue weighted by atomic mass is 10.1. The lowest BCUT2D eigenvalue weighted by molar-refractivity contribution is 0.0944. The second-order valence-corrected chi connectivity index (χ2v) is 8.11. The molecule has 0 bridgehead atoms. The van der Waals surface area contributed by atoms with Crippen molar-refractivity contribution in [2.45, 2.75) is 45.1 Å². The van der Waals surface area contributed by atoms with Crippen LogP contribution in [-0.4, -0.2) is 41.1 Å². The summed E-state index contributed by atoms with van der Waals surface area (Å²) in [5, 5.41) is 5.92. The van der Waals surface area contributed by atoms with Gasteiger partial charge in [-0.1, -0.05) is 31.0 Å². The predicted molar refractivity (Wildman–Crippen MR) is 125 cm³/mol. The van der Waals surface area contributed by atoms with E-state index in [9.17, 15) is 9.59 Å². The maximum atomic E-state index is 13.2. The van der Waals surface area contributed by atoms with Gasteiger partial charge < -0.3 is 19.9 Å². The minimum Gasteiger partial charge on any atom is -0.382 e. The Hall–Kier alpha value is -3.19. The van der Waals surface area contributed by atoms with Gasteiger partial charge in [0.1, 0.15) is 0 Å². The molecule has 0 radical (unpaired) electrons. The number of hydrogen-bond donors (Lipinski definition) is 2. The van der Waals surface area contributed by atoms with Crippen LogP contribution < -0.4 is 10.6 Å². The van der Waals surface area contributed by atoms with Crippen LogP contribution in [0.4, 0.5) is 5.69 Å². The lowest BCUT2D eigenvalue weighted by Gasteiger charge is -2.16. The third-order valence-corrected chi connectivity index (χ3v) is 5.88. The summed E-state index contributed by atoms with van der Waals surface area (Å²) in [7, 11) is 0. The average molecular weight is 435 g/mol. The number of fused-ring (bicyclic) bond motifs is 1. The summed E-state index contributed by atoms with van der Waals surface area (Å²) in [5.74, 6) is -0.384. The number of rotatable bonds is 9. The number of carbonyl (C=O) groups excluding carboxylic acids is 2. The molecule has 2 aromatic carbocycles. The zero-order valence-corrected chi connectivity index (χ0v) is 18.5. The van der Waals surface area contributed by atoms with Crippen molar-refractivity contribution in [2.24, 2.45) is 0 Å². The van der Waals surface area contributed by atoms with Crippen molar-refractivity contribution in [1.29, 1.82) is 0 Å². The molecule has 1 aromatic heterocycles. The minimum atomic E-state index is -0.219. The van der Waals surface area contributed by atoms with Crippen LogP contribution in [-0.2, 0) is 4.74 Å². The molecule has 0 unspecified atom stereocenters. The lowest BCUT2D eigenvalue weighted by Crippen LogP contribution is -2.26. The van der Waals surface area contributed by atoms with Gasteiger partial charge in [-0.05, 0) is 50.5 Å². The van der Waals surface area contributed by atoms with Crippen molar-refractivity contribution in [3.63, 3.8) is 0 Å². The highest BCUT2D eigenvalue weighted by atomic mass is 16.5. The van der Waals surface area contributed by atoms with Gasteiger partial charge in [-0.3, -0.25) is 9.59 Å². The molecule has 3 aromatic rings. The summed E-state index contributed by atoms with van der Waals surface area (Å²) in [4.78, 5) is 30.4. The van der Waals surface area contributed by atoms with E-state index in [2.05, 4.69) is 20.2 Å². The number of hydrogen-bond acceptors (Lipinski definition) is 4. The molecule has 7 heteroatoms. The summed E-state index contributed by atoms with van der Waals surface area (Å²) in [6.45, 7) is 3.75. The quantitative estimate of drug-likeness (QED) is 0.484. The van der Waals surface area contributed by atoms with Crippen molar-refractivity contribution < 1.29 is 14.3 Å². The average Bonchev–Trinajstić information content (AvgIpc) is 3.48. The van der Waals surface area contributed by atoms with E-state index in [4.69, 9.17) is 4.74 Å². The molecule has 1 heterocycles. The van der Waals surface area contributed by atoms with E-state index in [0.29, 0.717) is 48.1 Å². The highest BCUT2D eigenvalue weighted by Crippen LogP contribution is 2.34. The van der Waals surface area contributed by atoms with Crippen molar-refractivity contribution in [1.82, 2.24) is 14.9 Å². The summed E-state index contributed by atoms with van der Waals surface area (Å²) in [6, 6.07) is 13.0. The maximum Gasteiger partial charge on any atom is 0.255 e. The van der Waals surface area contributed by atoms with Gasteiger partial charge in [0.2, 0.25) is 0 Å². The van der Waals surface area contributed by atoms with Gasteiger partial charge in [0.05, 0.1) is 22.9 Å². The number of benzene rings is 2. The number of carbonyl (C=O) groups is 2. The largest absolute Gasteiger partial charge is 0.382 e. The number of ether oxygens (including phenoxy) is 1. The molecular weight excluding hydrogens is 404 g/mol. The van der Waals surface area contributed by atoms with E-state index in [1.54, 1.807) is 18.2 Å². The van der Waals surface area contributed by atoms with Crippen LogP contribution in [0.5, 0.6) is 0 Å². The normalized spacial score (nSPS) is 14.0. The van der Waals surface area contributed by atoms with Gasteiger partial charge in [0.25, 0.3) is 11.8 Å². The maximum absolute atomic E-state index is 13.2. The van der Waals surface area contributed by atoms with Gasteiger partial charge in [0, 0.05) is 37.1 Å². The first-order valence-electron chi connectivity index (χ1n) is 11.4. The van der Waals surface area contributed by atoms with Crippen LogP contribution in [0, 0.1) is 0 Å².